The fourth-order valence-electron chi connectivity index (χ4n) is 2.22. The third-order valence-electron chi connectivity index (χ3n) is 3.46. The molecule has 0 aliphatic carbocycles. The van der Waals surface area contributed by atoms with Crippen LogP contribution in [0, 0.1) is 0 Å². The minimum atomic E-state index is -0.0829. The minimum Gasteiger partial charge on any atom is -0.353 e. The standard InChI is InChI=1S/C11H17N5O2S/c1-16-2-3-19-6-8(16)10-14-11(18-15-10)7-4-13-9(17)5-12-7/h7-8,12H,2-6H2,1H3,(H,13,17). The number of nitrogens with one attached hydrogen (secondary N) is 2. The van der Waals surface area contributed by atoms with E-state index >= 15 is 0 Å². The maximum Gasteiger partial charge on any atom is 0.245 e. The Kier molecular flexibility index (Phi) is 3.72. The van der Waals surface area contributed by atoms with E-state index in [9.17, 15) is 4.79 Å². The van der Waals surface area contributed by atoms with Crippen LogP contribution in [0.2, 0.25) is 0 Å². The van der Waals surface area contributed by atoms with Crippen LogP contribution in [0.25, 0.3) is 0 Å². The highest BCUT2D eigenvalue weighted by Crippen LogP contribution is 2.27. The molecule has 0 saturated carbocycles. The highest BCUT2D eigenvalue weighted by Gasteiger charge is 2.29. The Hall–Kier alpha value is -1.12. The van der Waals surface area contributed by atoms with Crippen LogP contribution < -0.4 is 10.6 Å². The van der Waals surface area contributed by atoms with Gasteiger partial charge in [-0.05, 0) is 7.05 Å². The van der Waals surface area contributed by atoms with E-state index in [0.29, 0.717) is 19.0 Å². The molecule has 1 aromatic heterocycles. The largest absolute Gasteiger partial charge is 0.353 e. The van der Waals surface area contributed by atoms with Crippen molar-refractivity contribution in [2.75, 3.05) is 38.2 Å². The molecule has 0 spiro atoms. The Morgan fingerprint density at radius 2 is 2.42 bits per heavy atom. The topological polar surface area (TPSA) is 83.3 Å². The number of carbonyl (C=O) groups is 1. The van der Waals surface area contributed by atoms with Gasteiger partial charge in [-0.15, -0.1) is 0 Å². The molecule has 2 fully saturated rings. The zero-order valence-electron chi connectivity index (χ0n) is 10.8. The van der Waals surface area contributed by atoms with Crippen LogP contribution in [-0.2, 0) is 4.79 Å². The molecule has 104 valence electrons. The highest BCUT2D eigenvalue weighted by molar-refractivity contribution is 7.99. The molecule has 0 bridgehead atoms. The summed E-state index contributed by atoms with van der Waals surface area (Å²) in [6, 6.07) is 0.134. The molecule has 2 unspecified atom stereocenters. The fraction of sp³-hybridized carbons (Fsp3) is 0.727. The van der Waals surface area contributed by atoms with Crippen LogP contribution in [-0.4, -0.2) is 59.1 Å². The van der Waals surface area contributed by atoms with Crippen molar-refractivity contribution in [1.29, 1.82) is 0 Å². The van der Waals surface area contributed by atoms with Crippen LogP contribution in [0.4, 0.5) is 0 Å². The first-order chi connectivity index (χ1) is 9.24. The molecule has 2 aliphatic heterocycles. The monoisotopic (exact) mass is 283 g/mol. The van der Waals surface area contributed by atoms with Crippen molar-refractivity contribution in [2.45, 2.75) is 12.1 Å². The maximum absolute atomic E-state index is 11.1. The summed E-state index contributed by atoms with van der Waals surface area (Å²) < 4.78 is 5.33. The zero-order valence-corrected chi connectivity index (χ0v) is 11.6. The van der Waals surface area contributed by atoms with Crippen LogP contribution in [0.1, 0.15) is 23.8 Å². The molecule has 3 heterocycles. The van der Waals surface area contributed by atoms with Gasteiger partial charge in [-0.25, -0.2) is 0 Å². The second kappa shape index (κ2) is 5.48. The lowest BCUT2D eigenvalue weighted by atomic mass is 10.2. The van der Waals surface area contributed by atoms with E-state index < -0.39 is 0 Å². The molecular formula is C11H17N5O2S. The summed E-state index contributed by atoms with van der Waals surface area (Å²) in [6.07, 6.45) is 0. The highest BCUT2D eigenvalue weighted by atomic mass is 32.2. The summed E-state index contributed by atoms with van der Waals surface area (Å²) in [5, 5.41) is 9.96. The second-order valence-corrected chi connectivity index (χ2v) is 5.95. The quantitative estimate of drug-likeness (QED) is 0.760. The Balaban J connectivity index is 1.70. The predicted molar refractivity (Wildman–Crippen MR) is 70.7 cm³/mol. The van der Waals surface area contributed by atoms with Crippen molar-refractivity contribution in [2.24, 2.45) is 0 Å². The van der Waals surface area contributed by atoms with E-state index in [2.05, 4.69) is 32.7 Å². The number of aromatic nitrogens is 2. The van der Waals surface area contributed by atoms with E-state index in [0.717, 1.165) is 23.9 Å². The number of nitrogens with zero attached hydrogens (tertiary/aromatic N) is 3. The third kappa shape index (κ3) is 2.75. The van der Waals surface area contributed by atoms with Crippen molar-refractivity contribution in [3.63, 3.8) is 0 Å². The van der Waals surface area contributed by atoms with Gasteiger partial charge in [0.2, 0.25) is 11.8 Å². The average Bonchev–Trinajstić information content (AvgIpc) is 2.89. The van der Waals surface area contributed by atoms with Gasteiger partial charge in [0.1, 0.15) is 6.04 Å². The smallest absolute Gasteiger partial charge is 0.245 e. The molecule has 1 aromatic rings. The lowest BCUT2D eigenvalue weighted by Crippen LogP contribution is -2.47. The molecule has 19 heavy (non-hydrogen) atoms. The number of thioether (sulfide) groups is 1. The third-order valence-corrected chi connectivity index (χ3v) is 4.48. The SMILES string of the molecule is CN1CCSCC1c1noc(C2CNC(=O)CN2)n1. The minimum absolute atomic E-state index is 0.000553. The van der Waals surface area contributed by atoms with Crippen LogP contribution in [0.5, 0.6) is 0 Å². The first-order valence-corrected chi connectivity index (χ1v) is 7.51. The summed E-state index contributed by atoms with van der Waals surface area (Å²) >= 11 is 1.91. The van der Waals surface area contributed by atoms with Crippen molar-refractivity contribution in [3.8, 4) is 0 Å². The van der Waals surface area contributed by atoms with Crippen molar-refractivity contribution >= 4 is 17.7 Å². The number of amides is 1. The lowest BCUT2D eigenvalue weighted by molar-refractivity contribution is -0.121. The normalized spacial score (nSPS) is 29.2. The van der Waals surface area contributed by atoms with Gasteiger partial charge in [0.15, 0.2) is 5.82 Å². The summed E-state index contributed by atoms with van der Waals surface area (Å²) in [7, 11) is 2.08. The summed E-state index contributed by atoms with van der Waals surface area (Å²) in [5.41, 5.74) is 0. The van der Waals surface area contributed by atoms with Gasteiger partial charge >= 0.3 is 0 Å². The van der Waals surface area contributed by atoms with E-state index in [-0.39, 0.29) is 18.0 Å². The first kappa shape index (κ1) is 12.9. The molecule has 8 heteroatoms. The van der Waals surface area contributed by atoms with Gasteiger partial charge < -0.3 is 9.84 Å². The van der Waals surface area contributed by atoms with Crippen LogP contribution >= 0.6 is 11.8 Å². The fourth-order valence-corrected chi connectivity index (χ4v) is 3.43. The Morgan fingerprint density at radius 1 is 1.53 bits per heavy atom. The lowest BCUT2D eigenvalue weighted by Gasteiger charge is -2.29. The van der Waals surface area contributed by atoms with Gasteiger partial charge in [0.25, 0.3) is 0 Å². The number of carbonyl (C=O) groups excluding carboxylic acids is 1. The van der Waals surface area contributed by atoms with Gasteiger partial charge in [0, 0.05) is 24.6 Å². The number of hydrogen-bond acceptors (Lipinski definition) is 7. The van der Waals surface area contributed by atoms with Crippen molar-refractivity contribution in [3.05, 3.63) is 11.7 Å². The van der Waals surface area contributed by atoms with E-state index in [1.54, 1.807) is 0 Å². The summed E-state index contributed by atoms with van der Waals surface area (Å²) in [5.74, 6) is 3.43. The molecule has 7 nitrogen and oxygen atoms in total. The van der Waals surface area contributed by atoms with Gasteiger partial charge in [-0.2, -0.15) is 16.7 Å². The second-order valence-electron chi connectivity index (χ2n) is 4.80. The van der Waals surface area contributed by atoms with Crippen molar-refractivity contribution < 1.29 is 9.32 Å². The summed E-state index contributed by atoms with van der Waals surface area (Å²) in [6.45, 7) is 1.83. The average molecular weight is 283 g/mol. The molecule has 0 radical (unpaired) electrons. The number of rotatable bonds is 2. The van der Waals surface area contributed by atoms with Crippen LogP contribution in [0.15, 0.2) is 4.52 Å². The molecule has 3 rings (SSSR count). The van der Waals surface area contributed by atoms with E-state index in [1.807, 2.05) is 11.8 Å². The number of piperazine rings is 1. The van der Waals surface area contributed by atoms with Gasteiger partial charge in [0.05, 0.1) is 12.6 Å². The zero-order chi connectivity index (χ0) is 13.2. The molecule has 2 aliphatic rings. The first-order valence-electron chi connectivity index (χ1n) is 6.35. The van der Waals surface area contributed by atoms with Crippen molar-refractivity contribution in [1.82, 2.24) is 25.7 Å². The molecule has 2 saturated heterocycles. The van der Waals surface area contributed by atoms with Gasteiger partial charge in [-0.3, -0.25) is 15.0 Å². The molecule has 2 N–H and O–H groups in total. The Morgan fingerprint density at radius 3 is 3.16 bits per heavy atom. The van der Waals surface area contributed by atoms with Gasteiger partial charge in [-0.1, -0.05) is 5.16 Å². The Labute approximate surface area is 115 Å². The Bertz CT molecular complexity index is 456. The molecule has 1 amide bonds. The molecule has 0 aromatic carbocycles. The predicted octanol–water partition coefficient (Wildman–Crippen LogP) is -0.450. The molecular weight excluding hydrogens is 266 g/mol. The van der Waals surface area contributed by atoms with E-state index in [1.165, 1.54) is 0 Å². The van der Waals surface area contributed by atoms with E-state index in [4.69, 9.17) is 4.52 Å². The van der Waals surface area contributed by atoms with Crippen LogP contribution in [0.3, 0.4) is 0 Å². The summed E-state index contributed by atoms with van der Waals surface area (Å²) in [4.78, 5) is 17.8. The number of hydrogen-bond donors (Lipinski definition) is 2. The molecule has 2 atom stereocenters. The maximum atomic E-state index is 11.1.